The predicted molar refractivity (Wildman–Crippen MR) is 131 cm³/mol. The van der Waals surface area contributed by atoms with Gasteiger partial charge in [0.2, 0.25) is 17.7 Å². The number of likely N-dealkylation sites (tertiary alicyclic amines) is 1. The SMILES string of the molecule is CCC(C)C(NC(=O)C(Cc1c[nH]c2ccccc12)NC(=O)C(C)N)C(=O)N1CCCC1C(=O)O. The maximum absolute atomic E-state index is 13.5. The first-order valence-electron chi connectivity index (χ1n) is 12.1. The third-order valence-electron chi connectivity index (χ3n) is 6.74. The normalized spacial score (nSPS) is 19.1. The molecule has 0 bridgehead atoms. The van der Waals surface area contributed by atoms with Gasteiger partial charge in [-0.25, -0.2) is 4.79 Å². The molecule has 5 unspecified atom stereocenters. The molecule has 0 saturated carbocycles. The van der Waals surface area contributed by atoms with Crippen molar-refractivity contribution in [3.63, 3.8) is 0 Å². The molecule has 35 heavy (non-hydrogen) atoms. The Hall–Kier alpha value is -3.40. The minimum absolute atomic E-state index is 0.192. The number of nitrogens with one attached hydrogen (secondary N) is 3. The van der Waals surface area contributed by atoms with Gasteiger partial charge < -0.3 is 31.4 Å². The van der Waals surface area contributed by atoms with Gasteiger partial charge in [0.05, 0.1) is 6.04 Å². The Labute approximate surface area is 204 Å². The highest BCUT2D eigenvalue weighted by molar-refractivity contribution is 5.95. The summed E-state index contributed by atoms with van der Waals surface area (Å²) in [5.74, 6) is -2.70. The summed E-state index contributed by atoms with van der Waals surface area (Å²) in [6.45, 7) is 5.60. The summed E-state index contributed by atoms with van der Waals surface area (Å²) in [7, 11) is 0. The molecular formula is C25H35N5O5. The molecule has 3 rings (SSSR count). The van der Waals surface area contributed by atoms with Crippen molar-refractivity contribution in [2.75, 3.05) is 6.54 Å². The molecule has 3 amide bonds. The van der Waals surface area contributed by atoms with E-state index < -0.39 is 47.9 Å². The molecule has 0 aliphatic carbocycles. The van der Waals surface area contributed by atoms with Gasteiger partial charge in [0.15, 0.2) is 0 Å². The fourth-order valence-corrected chi connectivity index (χ4v) is 4.44. The molecule has 10 heteroatoms. The number of carbonyl (C=O) groups excluding carboxylic acids is 3. The predicted octanol–water partition coefficient (Wildman–Crippen LogP) is 1.15. The molecule has 1 aliphatic heterocycles. The topological polar surface area (TPSA) is 158 Å². The summed E-state index contributed by atoms with van der Waals surface area (Å²) in [4.78, 5) is 55.4. The number of hydrogen-bond donors (Lipinski definition) is 5. The molecule has 190 valence electrons. The van der Waals surface area contributed by atoms with Gasteiger partial charge >= 0.3 is 5.97 Å². The van der Waals surface area contributed by atoms with Gasteiger partial charge in [-0.3, -0.25) is 14.4 Å². The van der Waals surface area contributed by atoms with Crippen LogP contribution in [0.5, 0.6) is 0 Å². The smallest absolute Gasteiger partial charge is 0.326 e. The van der Waals surface area contributed by atoms with Crippen LogP contribution in [0, 0.1) is 5.92 Å². The number of rotatable bonds is 10. The standard InChI is InChI=1S/C25H35N5O5/c1-4-14(2)21(24(33)30-11-7-10-20(30)25(34)35)29-23(32)19(28-22(31)15(3)26)12-16-13-27-18-9-6-5-8-17(16)18/h5-6,8-9,13-15,19-21,27H,4,7,10-12,26H2,1-3H3,(H,28,31)(H,29,32)(H,34,35). The molecule has 5 atom stereocenters. The third-order valence-corrected chi connectivity index (χ3v) is 6.74. The molecular weight excluding hydrogens is 450 g/mol. The minimum atomic E-state index is -1.05. The fraction of sp³-hybridized carbons (Fsp3) is 0.520. The first-order chi connectivity index (χ1) is 16.6. The molecule has 10 nitrogen and oxygen atoms in total. The number of benzene rings is 1. The second-order valence-corrected chi connectivity index (χ2v) is 9.31. The highest BCUT2D eigenvalue weighted by Crippen LogP contribution is 2.22. The van der Waals surface area contributed by atoms with Crippen LogP contribution in [0.25, 0.3) is 10.9 Å². The van der Waals surface area contributed by atoms with E-state index in [9.17, 15) is 24.3 Å². The van der Waals surface area contributed by atoms with Gasteiger partial charge in [-0.05, 0) is 37.3 Å². The molecule has 1 saturated heterocycles. The van der Waals surface area contributed by atoms with E-state index in [-0.39, 0.29) is 12.3 Å². The van der Waals surface area contributed by atoms with Crippen LogP contribution in [-0.2, 0) is 25.6 Å². The largest absolute Gasteiger partial charge is 0.480 e. The Morgan fingerprint density at radius 3 is 2.54 bits per heavy atom. The number of carbonyl (C=O) groups is 4. The molecule has 6 N–H and O–H groups in total. The lowest BCUT2D eigenvalue weighted by Crippen LogP contribution is -2.59. The number of aromatic nitrogens is 1. The Bertz CT molecular complexity index is 1080. The van der Waals surface area contributed by atoms with Crippen LogP contribution in [0.15, 0.2) is 30.5 Å². The van der Waals surface area contributed by atoms with Crippen molar-refractivity contribution in [3.8, 4) is 0 Å². The zero-order valence-corrected chi connectivity index (χ0v) is 20.4. The quantitative estimate of drug-likeness (QED) is 0.340. The van der Waals surface area contributed by atoms with Crippen LogP contribution in [0.2, 0.25) is 0 Å². The van der Waals surface area contributed by atoms with Crippen molar-refractivity contribution in [2.45, 2.75) is 70.6 Å². The van der Waals surface area contributed by atoms with Crippen molar-refractivity contribution in [1.82, 2.24) is 20.5 Å². The lowest BCUT2D eigenvalue weighted by molar-refractivity contribution is -0.150. The number of aromatic amines is 1. The molecule has 1 aromatic heterocycles. The van der Waals surface area contributed by atoms with Gasteiger partial charge in [0, 0.05) is 30.1 Å². The number of aliphatic carboxylic acids is 1. The van der Waals surface area contributed by atoms with E-state index in [4.69, 9.17) is 5.73 Å². The molecule has 1 aromatic carbocycles. The number of para-hydroxylation sites is 1. The number of nitrogens with zero attached hydrogens (tertiary/aromatic N) is 1. The average molecular weight is 486 g/mol. The monoisotopic (exact) mass is 485 g/mol. The Balaban J connectivity index is 1.85. The van der Waals surface area contributed by atoms with Gasteiger partial charge in [0.25, 0.3) is 0 Å². The number of hydrogen-bond acceptors (Lipinski definition) is 5. The lowest BCUT2D eigenvalue weighted by Gasteiger charge is -2.31. The lowest BCUT2D eigenvalue weighted by atomic mass is 9.96. The van der Waals surface area contributed by atoms with E-state index >= 15 is 0 Å². The van der Waals surface area contributed by atoms with Crippen LogP contribution >= 0.6 is 0 Å². The molecule has 0 spiro atoms. The third kappa shape index (κ3) is 6.00. The van der Waals surface area contributed by atoms with Crippen molar-refractivity contribution in [3.05, 3.63) is 36.0 Å². The van der Waals surface area contributed by atoms with E-state index in [1.54, 1.807) is 6.20 Å². The van der Waals surface area contributed by atoms with Crippen LogP contribution in [-0.4, -0.2) is 69.4 Å². The van der Waals surface area contributed by atoms with Crippen LogP contribution in [0.4, 0.5) is 0 Å². The summed E-state index contributed by atoms with van der Waals surface area (Å²) in [5, 5.41) is 16.0. The van der Waals surface area contributed by atoms with E-state index in [0.717, 1.165) is 16.5 Å². The van der Waals surface area contributed by atoms with Crippen molar-refractivity contribution in [2.24, 2.45) is 11.7 Å². The second-order valence-electron chi connectivity index (χ2n) is 9.31. The Kier molecular flexibility index (Phi) is 8.50. The summed E-state index contributed by atoms with van der Waals surface area (Å²) < 4.78 is 0. The number of nitrogens with two attached hydrogens (primary N) is 1. The molecule has 0 radical (unpaired) electrons. The molecule has 2 heterocycles. The maximum Gasteiger partial charge on any atom is 0.326 e. The highest BCUT2D eigenvalue weighted by Gasteiger charge is 2.40. The number of carboxylic acid groups (broad SMARTS) is 1. The first kappa shape index (κ1) is 26.2. The van der Waals surface area contributed by atoms with Gasteiger partial charge in [-0.2, -0.15) is 0 Å². The zero-order valence-electron chi connectivity index (χ0n) is 20.4. The van der Waals surface area contributed by atoms with Gasteiger partial charge in [0.1, 0.15) is 18.1 Å². The van der Waals surface area contributed by atoms with E-state index in [0.29, 0.717) is 25.8 Å². The Morgan fingerprint density at radius 1 is 1.17 bits per heavy atom. The first-order valence-corrected chi connectivity index (χ1v) is 12.1. The molecule has 2 aromatic rings. The van der Waals surface area contributed by atoms with Crippen molar-refractivity contribution < 1.29 is 24.3 Å². The fourth-order valence-electron chi connectivity index (χ4n) is 4.44. The van der Waals surface area contributed by atoms with Gasteiger partial charge in [-0.15, -0.1) is 0 Å². The Morgan fingerprint density at radius 2 is 1.89 bits per heavy atom. The molecule has 1 aliphatic rings. The minimum Gasteiger partial charge on any atom is -0.480 e. The highest BCUT2D eigenvalue weighted by atomic mass is 16.4. The average Bonchev–Trinajstić information content (AvgIpc) is 3.48. The molecule has 1 fully saturated rings. The summed E-state index contributed by atoms with van der Waals surface area (Å²) in [6, 6.07) is 4.03. The number of amides is 3. The second kappa shape index (κ2) is 11.4. The number of carboxylic acids is 1. The maximum atomic E-state index is 13.5. The van der Waals surface area contributed by atoms with Crippen molar-refractivity contribution >= 4 is 34.6 Å². The van der Waals surface area contributed by atoms with Crippen LogP contribution in [0.3, 0.4) is 0 Å². The van der Waals surface area contributed by atoms with Crippen LogP contribution < -0.4 is 16.4 Å². The van der Waals surface area contributed by atoms with E-state index in [1.165, 1.54) is 11.8 Å². The summed E-state index contributed by atoms with van der Waals surface area (Å²) >= 11 is 0. The number of fused-ring (bicyclic) bond motifs is 1. The van der Waals surface area contributed by atoms with E-state index in [1.807, 2.05) is 38.1 Å². The van der Waals surface area contributed by atoms with Crippen LogP contribution in [0.1, 0.15) is 45.6 Å². The summed E-state index contributed by atoms with van der Waals surface area (Å²) in [6.07, 6.45) is 3.56. The van der Waals surface area contributed by atoms with Gasteiger partial charge in [-0.1, -0.05) is 38.5 Å². The van der Waals surface area contributed by atoms with Crippen molar-refractivity contribution in [1.29, 1.82) is 0 Å². The zero-order chi connectivity index (χ0) is 25.7. The summed E-state index contributed by atoms with van der Waals surface area (Å²) in [5.41, 5.74) is 7.47. The van der Waals surface area contributed by atoms with E-state index in [2.05, 4.69) is 15.6 Å². The number of H-pyrrole nitrogens is 1.